The lowest BCUT2D eigenvalue weighted by molar-refractivity contribution is -0.153. The monoisotopic (exact) mass is 281 g/mol. The van der Waals surface area contributed by atoms with Crippen molar-refractivity contribution in [1.29, 1.82) is 0 Å². The van der Waals surface area contributed by atoms with Crippen LogP contribution in [0.3, 0.4) is 0 Å². The van der Waals surface area contributed by atoms with Gasteiger partial charge in [0.1, 0.15) is 16.6 Å². The molecule has 6 heteroatoms. The molecular weight excluding hydrogens is 262 g/mol. The van der Waals surface area contributed by atoms with Crippen molar-refractivity contribution in [2.75, 3.05) is 0 Å². The van der Waals surface area contributed by atoms with Crippen LogP contribution in [-0.2, 0) is 22.6 Å². The fraction of sp³-hybridized carbons (Fsp3) is 0.615. The number of carbonyl (C=O) groups excluding carboxylic acids is 2. The molecule has 0 saturated carbocycles. The van der Waals surface area contributed by atoms with E-state index in [4.69, 9.17) is 0 Å². The third-order valence-corrected chi connectivity index (χ3v) is 4.46. The van der Waals surface area contributed by atoms with Gasteiger partial charge in [0.15, 0.2) is 0 Å². The Labute approximate surface area is 117 Å². The summed E-state index contributed by atoms with van der Waals surface area (Å²) in [5.74, 6) is -0.176. The van der Waals surface area contributed by atoms with Gasteiger partial charge in [-0.25, -0.2) is 4.98 Å². The number of aromatic nitrogens is 1. The Kier molecular flexibility index (Phi) is 3.62. The van der Waals surface area contributed by atoms with Gasteiger partial charge in [0, 0.05) is 11.1 Å². The van der Waals surface area contributed by atoms with Crippen molar-refractivity contribution in [2.24, 2.45) is 0 Å². The zero-order valence-electron chi connectivity index (χ0n) is 11.7. The van der Waals surface area contributed by atoms with Crippen LogP contribution in [0.4, 0.5) is 0 Å². The predicted molar refractivity (Wildman–Crippen MR) is 73.7 cm³/mol. The molecule has 0 aliphatic carbocycles. The standard InChI is InChI=1S/C13H19N3O2S/c1-5-9-6-14-10(19-9)7-16-8(2)11(17)15-13(3,4)12(16)18/h6,8H,5,7H2,1-4H3,(H,15,17). The molecule has 1 aliphatic rings. The summed E-state index contributed by atoms with van der Waals surface area (Å²) < 4.78 is 0. The molecule has 1 aromatic heterocycles. The molecule has 1 N–H and O–H groups in total. The summed E-state index contributed by atoms with van der Waals surface area (Å²) in [5, 5.41) is 3.62. The average molecular weight is 281 g/mol. The minimum atomic E-state index is -0.839. The zero-order chi connectivity index (χ0) is 14.2. The van der Waals surface area contributed by atoms with E-state index in [1.807, 2.05) is 6.20 Å². The summed E-state index contributed by atoms with van der Waals surface area (Å²) in [6.07, 6.45) is 2.78. The van der Waals surface area contributed by atoms with Crippen LogP contribution in [0.5, 0.6) is 0 Å². The number of hydrogen-bond acceptors (Lipinski definition) is 4. The smallest absolute Gasteiger partial charge is 0.248 e. The Balaban J connectivity index is 2.21. The van der Waals surface area contributed by atoms with Crippen LogP contribution in [0.15, 0.2) is 6.20 Å². The fourth-order valence-corrected chi connectivity index (χ4v) is 2.94. The Bertz CT molecular complexity index is 510. The van der Waals surface area contributed by atoms with Gasteiger partial charge in [-0.15, -0.1) is 11.3 Å². The van der Waals surface area contributed by atoms with Crippen molar-refractivity contribution in [3.8, 4) is 0 Å². The number of piperazine rings is 1. The molecule has 1 unspecified atom stereocenters. The van der Waals surface area contributed by atoms with Gasteiger partial charge in [0.25, 0.3) is 0 Å². The number of hydrogen-bond donors (Lipinski definition) is 1. The first kappa shape index (κ1) is 14.0. The fourth-order valence-electron chi connectivity index (χ4n) is 2.08. The molecule has 2 heterocycles. The van der Waals surface area contributed by atoms with Crippen LogP contribution in [-0.4, -0.2) is 33.3 Å². The van der Waals surface area contributed by atoms with Crippen molar-refractivity contribution < 1.29 is 9.59 Å². The van der Waals surface area contributed by atoms with Crippen LogP contribution in [0, 0.1) is 0 Å². The highest BCUT2D eigenvalue weighted by atomic mass is 32.1. The van der Waals surface area contributed by atoms with Gasteiger partial charge in [-0.2, -0.15) is 0 Å². The van der Waals surface area contributed by atoms with Crippen LogP contribution < -0.4 is 5.32 Å². The Morgan fingerprint density at radius 3 is 2.74 bits per heavy atom. The summed E-state index contributed by atoms with van der Waals surface area (Å²) in [4.78, 5) is 31.4. The van der Waals surface area contributed by atoms with E-state index in [-0.39, 0.29) is 11.8 Å². The minimum absolute atomic E-state index is 0.0622. The third-order valence-electron chi connectivity index (χ3n) is 3.33. The highest BCUT2D eigenvalue weighted by Gasteiger charge is 2.43. The van der Waals surface area contributed by atoms with E-state index >= 15 is 0 Å². The van der Waals surface area contributed by atoms with Gasteiger partial charge < -0.3 is 10.2 Å². The molecule has 1 fully saturated rings. The lowest BCUT2D eigenvalue weighted by atomic mass is 9.97. The Hall–Kier alpha value is -1.43. The molecule has 0 bridgehead atoms. The molecule has 2 amide bonds. The first-order valence-corrected chi connectivity index (χ1v) is 7.23. The van der Waals surface area contributed by atoms with Gasteiger partial charge in [-0.05, 0) is 27.2 Å². The lowest BCUT2D eigenvalue weighted by Gasteiger charge is -2.41. The van der Waals surface area contributed by atoms with Crippen LogP contribution in [0.1, 0.15) is 37.6 Å². The summed E-state index contributed by atoms with van der Waals surface area (Å²) >= 11 is 1.60. The lowest BCUT2D eigenvalue weighted by Crippen LogP contribution is -2.66. The van der Waals surface area contributed by atoms with Crippen LogP contribution in [0.2, 0.25) is 0 Å². The minimum Gasteiger partial charge on any atom is -0.340 e. The third kappa shape index (κ3) is 2.63. The first-order valence-electron chi connectivity index (χ1n) is 6.42. The molecule has 5 nitrogen and oxygen atoms in total. The number of nitrogens with one attached hydrogen (secondary N) is 1. The second kappa shape index (κ2) is 4.92. The van der Waals surface area contributed by atoms with E-state index < -0.39 is 11.6 Å². The number of rotatable bonds is 3. The van der Waals surface area contributed by atoms with Gasteiger partial charge in [0.2, 0.25) is 11.8 Å². The van der Waals surface area contributed by atoms with Crippen molar-refractivity contribution in [1.82, 2.24) is 15.2 Å². The van der Waals surface area contributed by atoms with Gasteiger partial charge in [-0.1, -0.05) is 6.92 Å². The van der Waals surface area contributed by atoms with Gasteiger partial charge >= 0.3 is 0 Å². The topological polar surface area (TPSA) is 62.3 Å². The maximum absolute atomic E-state index is 12.4. The summed E-state index contributed by atoms with van der Waals surface area (Å²) in [6, 6.07) is -0.450. The number of carbonyl (C=O) groups is 2. The van der Waals surface area contributed by atoms with Crippen molar-refractivity contribution in [3.05, 3.63) is 16.1 Å². The summed E-state index contributed by atoms with van der Waals surface area (Å²) in [5.41, 5.74) is -0.839. The largest absolute Gasteiger partial charge is 0.340 e. The summed E-state index contributed by atoms with van der Waals surface area (Å²) in [7, 11) is 0. The molecule has 0 spiro atoms. The second-order valence-corrected chi connectivity index (χ2v) is 6.50. The quantitative estimate of drug-likeness (QED) is 0.909. The number of thiazole rings is 1. The maximum Gasteiger partial charge on any atom is 0.248 e. The first-order chi connectivity index (χ1) is 8.85. The van der Waals surface area contributed by atoms with Gasteiger partial charge in [-0.3, -0.25) is 9.59 Å². The highest BCUT2D eigenvalue weighted by molar-refractivity contribution is 7.11. The van der Waals surface area contributed by atoms with Crippen LogP contribution in [0.25, 0.3) is 0 Å². The highest BCUT2D eigenvalue weighted by Crippen LogP contribution is 2.22. The van der Waals surface area contributed by atoms with Crippen LogP contribution >= 0.6 is 11.3 Å². The van der Waals surface area contributed by atoms with E-state index in [0.717, 1.165) is 11.4 Å². The van der Waals surface area contributed by atoms with Crippen molar-refractivity contribution in [3.63, 3.8) is 0 Å². The van der Waals surface area contributed by atoms with E-state index in [2.05, 4.69) is 17.2 Å². The van der Waals surface area contributed by atoms with Crippen molar-refractivity contribution in [2.45, 2.75) is 52.2 Å². The molecular formula is C13H19N3O2S. The SMILES string of the molecule is CCc1cnc(CN2C(=O)C(C)(C)NC(=O)C2C)s1. The second-order valence-electron chi connectivity index (χ2n) is 5.30. The average Bonchev–Trinajstić information content (AvgIpc) is 2.80. The maximum atomic E-state index is 12.4. The molecule has 2 rings (SSSR count). The molecule has 1 aromatic rings. The van der Waals surface area contributed by atoms with E-state index in [1.165, 1.54) is 4.88 Å². The van der Waals surface area contributed by atoms with Crippen molar-refractivity contribution >= 4 is 23.2 Å². The number of aryl methyl sites for hydroxylation is 1. The van der Waals surface area contributed by atoms with Gasteiger partial charge in [0.05, 0.1) is 6.54 Å². The predicted octanol–water partition coefficient (Wildman–Crippen LogP) is 1.33. The zero-order valence-corrected chi connectivity index (χ0v) is 12.5. The Morgan fingerprint density at radius 1 is 1.47 bits per heavy atom. The van der Waals surface area contributed by atoms with E-state index in [9.17, 15) is 9.59 Å². The molecule has 1 saturated heterocycles. The van der Waals surface area contributed by atoms with E-state index in [0.29, 0.717) is 6.54 Å². The number of amides is 2. The molecule has 104 valence electrons. The van der Waals surface area contributed by atoms with E-state index in [1.54, 1.807) is 37.0 Å². The molecule has 0 aromatic carbocycles. The number of nitrogens with zero attached hydrogens (tertiary/aromatic N) is 2. The normalized spacial score (nSPS) is 22.5. The molecule has 0 radical (unpaired) electrons. The molecule has 1 aliphatic heterocycles. The Morgan fingerprint density at radius 2 is 2.16 bits per heavy atom. The molecule has 19 heavy (non-hydrogen) atoms. The molecule has 1 atom stereocenters. The summed E-state index contributed by atoms with van der Waals surface area (Å²) in [6.45, 7) is 7.68.